The van der Waals surface area contributed by atoms with Crippen LogP contribution in [0.3, 0.4) is 0 Å². The number of carboxylic acid groups (broad SMARTS) is 1. The fourth-order valence-corrected chi connectivity index (χ4v) is 3.09. The number of hydrogen-bond donors (Lipinski definition) is 2. The number of ether oxygens (including phenoxy) is 3. The molecule has 0 aliphatic carbocycles. The summed E-state index contributed by atoms with van der Waals surface area (Å²) >= 11 is 1.25. The number of nitrogens with one attached hydrogen (secondary N) is 1. The Morgan fingerprint density at radius 3 is 2.88 bits per heavy atom. The van der Waals surface area contributed by atoms with Crippen molar-refractivity contribution in [3.63, 3.8) is 0 Å². The Balaban J connectivity index is 1.63. The van der Waals surface area contributed by atoms with Gasteiger partial charge in [0.25, 0.3) is 5.91 Å². The fourth-order valence-electron chi connectivity index (χ4n) is 2.31. The molecule has 0 saturated carbocycles. The van der Waals surface area contributed by atoms with Gasteiger partial charge >= 0.3 is 5.97 Å². The van der Waals surface area contributed by atoms with E-state index in [0.29, 0.717) is 54.0 Å². The minimum atomic E-state index is -1.06. The third kappa shape index (κ3) is 3.82. The lowest BCUT2D eigenvalue weighted by molar-refractivity contribution is 0.0690. The lowest BCUT2D eigenvalue weighted by Crippen LogP contribution is -2.26. The monoisotopic (exact) mass is 364 g/mol. The van der Waals surface area contributed by atoms with E-state index in [-0.39, 0.29) is 11.6 Å². The van der Waals surface area contributed by atoms with Crippen LogP contribution in [0.15, 0.2) is 17.5 Å². The number of nitrogens with zero attached hydrogens (tertiary/aromatic N) is 1. The van der Waals surface area contributed by atoms with E-state index in [1.165, 1.54) is 23.8 Å². The summed E-state index contributed by atoms with van der Waals surface area (Å²) in [7, 11) is 1.50. The zero-order chi connectivity index (χ0) is 17.8. The van der Waals surface area contributed by atoms with Gasteiger partial charge in [0.2, 0.25) is 5.75 Å². The molecule has 9 heteroatoms. The van der Waals surface area contributed by atoms with Crippen LogP contribution < -0.4 is 19.5 Å². The molecule has 2 aromatic rings. The Bertz CT molecular complexity index is 787. The summed E-state index contributed by atoms with van der Waals surface area (Å²) in [6.45, 7) is 1.18. The number of aromatic nitrogens is 1. The van der Waals surface area contributed by atoms with Crippen LogP contribution in [0.4, 0.5) is 0 Å². The molecule has 132 valence electrons. The molecule has 0 spiro atoms. The van der Waals surface area contributed by atoms with Crippen molar-refractivity contribution in [2.24, 2.45) is 0 Å². The fraction of sp³-hybridized carbons (Fsp3) is 0.312. The zero-order valence-electron chi connectivity index (χ0n) is 13.4. The van der Waals surface area contributed by atoms with Gasteiger partial charge < -0.3 is 24.6 Å². The number of fused-ring (bicyclic) bond motifs is 1. The van der Waals surface area contributed by atoms with E-state index in [1.807, 2.05) is 0 Å². The highest BCUT2D eigenvalue weighted by Crippen LogP contribution is 2.40. The third-order valence-corrected chi connectivity index (χ3v) is 4.39. The second-order valence-corrected chi connectivity index (χ2v) is 6.08. The Morgan fingerprint density at radius 2 is 2.16 bits per heavy atom. The largest absolute Gasteiger partial charge is 0.493 e. The minimum absolute atomic E-state index is 0.0166. The van der Waals surface area contributed by atoms with Gasteiger partial charge in [-0.05, 0) is 12.1 Å². The number of carbonyl (C=O) groups excluding carboxylic acids is 1. The van der Waals surface area contributed by atoms with Crippen LogP contribution >= 0.6 is 11.3 Å². The average Bonchev–Trinajstić information content (AvgIpc) is 3.10. The first-order chi connectivity index (χ1) is 12.1. The van der Waals surface area contributed by atoms with Crippen LogP contribution in [0.1, 0.15) is 25.9 Å². The predicted octanol–water partition coefficient (Wildman–Crippen LogP) is 1.59. The van der Waals surface area contributed by atoms with Gasteiger partial charge in [-0.3, -0.25) is 4.79 Å². The van der Waals surface area contributed by atoms with Crippen molar-refractivity contribution in [3.05, 3.63) is 33.8 Å². The molecule has 1 aromatic carbocycles. The maximum Gasteiger partial charge on any atom is 0.355 e. The zero-order valence-corrected chi connectivity index (χ0v) is 14.2. The smallest absolute Gasteiger partial charge is 0.355 e. The number of aromatic carboxylic acids is 1. The standard InChI is InChI=1S/C16H16N2O6S/c1-22-11-6-9(7-12-14(11)24-5-4-23-12)15(19)17-3-2-13-18-10(8-25-13)16(20)21/h6-8H,2-5H2,1H3,(H,17,19)(H,20,21). The molecule has 0 saturated heterocycles. The van der Waals surface area contributed by atoms with Gasteiger partial charge in [0, 0.05) is 23.9 Å². The summed E-state index contributed by atoms with van der Waals surface area (Å²) in [5.74, 6) is 0.0598. The average molecular weight is 364 g/mol. The quantitative estimate of drug-likeness (QED) is 0.801. The summed E-state index contributed by atoms with van der Waals surface area (Å²) < 4.78 is 16.3. The molecule has 2 N–H and O–H groups in total. The van der Waals surface area contributed by atoms with Crippen molar-refractivity contribution in [2.45, 2.75) is 6.42 Å². The number of benzene rings is 1. The van der Waals surface area contributed by atoms with E-state index in [9.17, 15) is 9.59 Å². The van der Waals surface area contributed by atoms with Gasteiger partial charge in [-0.1, -0.05) is 0 Å². The van der Waals surface area contributed by atoms with Gasteiger partial charge in [-0.15, -0.1) is 11.3 Å². The van der Waals surface area contributed by atoms with E-state index in [0.717, 1.165) is 0 Å². The maximum absolute atomic E-state index is 12.3. The van der Waals surface area contributed by atoms with Crippen LogP contribution in [0.2, 0.25) is 0 Å². The second kappa shape index (κ2) is 7.39. The molecular weight excluding hydrogens is 348 g/mol. The highest BCUT2D eigenvalue weighted by atomic mass is 32.1. The molecule has 0 unspecified atom stereocenters. The second-order valence-electron chi connectivity index (χ2n) is 5.14. The van der Waals surface area contributed by atoms with E-state index >= 15 is 0 Å². The van der Waals surface area contributed by atoms with Crippen molar-refractivity contribution in [3.8, 4) is 17.2 Å². The molecule has 3 rings (SSSR count). The van der Waals surface area contributed by atoms with Crippen molar-refractivity contribution in [1.29, 1.82) is 0 Å². The Hall–Kier alpha value is -2.81. The van der Waals surface area contributed by atoms with Crippen molar-refractivity contribution in [2.75, 3.05) is 26.9 Å². The number of carboxylic acids is 1. The minimum Gasteiger partial charge on any atom is -0.493 e. The molecule has 1 aliphatic heterocycles. The van der Waals surface area contributed by atoms with Crippen molar-refractivity contribution < 1.29 is 28.9 Å². The number of carbonyl (C=O) groups is 2. The lowest BCUT2D eigenvalue weighted by atomic mass is 10.1. The molecule has 1 aliphatic rings. The predicted molar refractivity (Wildman–Crippen MR) is 89.1 cm³/mol. The van der Waals surface area contributed by atoms with Gasteiger partial charge in [0.15, 0.2) is 17.2 Å². The highest BCUT2D eigenvalue weighted by molar-refractivity contribution is 7.09. The van der Waals surface area contributed by atoms with Crippen LogP contribution in [0.5, 0.6) is 17.2 Å². The SMILES string of the molecule is COc1cc(C(=O)NCCc2nc(C(=O)O)cs2)cc2c1OCCO2. The summed E-state index contributed by atoms with van der Waals surface area (Å²) in [6, 6.07) is 3.20. The number of thiazole rings is 1. The normalized spacial score (nSPS) is 12.5. The molecule has 25 heavy (non-hydrogen) atoms. The van der Waals surface area contributed by atoms with Gasteiger partial charge in [-0.2, -0.15) is 0 Å². The van der Waals surface area contributed by atoms with E-state index in [4.69, 9.17) is 19.3 Å². The van der Waals surface area contributed by atoms with Crippen molar-refractivity contribution >= 4 is 23.2 Å². The number of hydrogen-bond acceptors (Lipinski definition) is 7. The summed E-state index contributed by atoms with van der Waals surface area (Å²) in [5, 5.41) is 13.7. The first-order valence-corrected chi connectivity index (χ1v) is 8.40. The van der Waals surface area contributed by atoms with Crippen LogP contribution in [-0.2, 0) is 6.42 Å². The molecule has 0 fully saturated rings. The Kier molecular flexibility index (Phi) is 5.03. The van der Waals surface area contributed by atoms with Gasteiger partial charge in [0.05, 0.1) is 12.1 Å². The lowest BCUT2D eigenvalue weighted by Gasteiger charge is -2.21. The van der Waals surface area contributed by atoms with E-state index in [2.05, 4.69) is 10.3 Å². The van der Waals surface area contributed by atoms with E-state index in [1.54, 1.807) is 12.1 Å². The molecule has 8 nitrogen and oxygen atoms in total. The number of rotatable bonds is 6. The maximum atomic E-state index is 12.3. The van der Waals surface area contributed by atoms with Gasteiger partial charge in [0.1, 0.15) is 13.2 Å². The molecular formula is C16H16N2O6S. The molecule has 2 heterocycles. The van der Waals surface area contributed by atoms with Crippen molar-refractivity contribution in [1.82, 2.24) is 10.3 Å². The molecule has 1 amide bonds. The van der Waals surface area contributed by atoms with Crippen LogP contribution in [0, 0.1) is 0 Å². The third-order valence-electron chi connectivity index (χ3n) is 3.49. The summed E-state index contributed by atoms with van der Waals surface area (Å²) in [4.78, 5) is 27.1. The van der Waals surface area contributed by atoms with Gasteiger partial charge in [-0.25, -0.2) is 9.78 Å². The van der Waals surface area contributed by atoms with E-state index < -0.39 is 5.97 Å². The topological polar surface area (TPSA) is 107 Å². The Labute approximate surface area is 147 Å². The first kappa shape index (κ1) is 17.0. The number of methoxy groups -OCH3 is 1. The highest BCUT2D eigenvalue weighted by Gasteiger charge is 2.20. The Morgan fingerprint density at radius 1 is 1.36 bits per heavy atom. The summed E-state index contributed by atoms with van der Waals surface area (Å²) in [6.07, 6.45) is 0.450. The summed E-state index contributed by atoms with van der Waals surface area (Å²) in [5.41, 5.74) is 0.411. The molecule has 0 atom stereocenters. The van der Waals surface area contributed by atoms with Crippen LogP contribution in [-0.4, -0.2) is 48.8 Å². The van der Waals surface area contributed by atoms with Crippen LogP contribution in [0.25, 0.3) is 0 Å². The molecule has 0 bridgehead atoms. The number of amides is 1. The molecule has 1 aromatic heterocycles. The first-order valence-electron chi connectivity index (χ1n) is 7.52. The molecule has 0 radical (unpaired) electrons.